The molecular formula is C15H24O3. The Balaban J connectivity index is 3.13. The summed E-state index contributed by atoms with van der Waals surface area (Å²) < 4.78 is 5.17. The highest BCUT2D eigenvalue weighted by Crippen LogP contribution is 2.44. The van der Waals surface area contributed by atoms with Crippen molar-refractivity contribution in [2.75, 3.05) is 6.61 Å². The van der Waals surface area contributed by atoms with Gasteiger partial charge in [-0.05, 0) is 46.0 Å². The van der Waals surface area contributed by atoms with Crippen LogP contribution in [0.3, 0.4) is 0 Å². The fourth-order valence-corrected chi connectivity index (χ4v) is 2.93. The van der Waals surface area contributed by atoms with Gasteiger partial charge in [0.1, 0.15) is 11.2 Å². The summed E-state index contributed by atoms with van der Waals surface area (Å²) in [4.78, 5) is 24.4. The van der Waals surface area contributed by atoms with Crippen molar-refractivity contribution in [2.45, 2.75) is 53.4 Å². The Bertz CT molecular complexity index is 357. The summed E-state index contributed by atoms with van der Waals surface area (Å²) in [5, 5.41) is 0. The molecule has 2 unspecified atom stereocenters. The first kappa shape index (κ1) is 14.9. The molecule has 102 valence electrons. The quantitative estimate of drug-likeness (QED) is 0.428. The second-order valence-corrected chi connectivity index (χ2v) is 5.19. The Hall–Kier alpha value is -1.12. The maximum Gasteiger partial charge on any atom is 0.320 e. The topological polar surface area (TPSA) is 43.4 Å². The van der Waals surface area contributed by atoms with Gasteiger partial charge in [0.15, 0.2) is 0 Å². The second kappa shape index (κ2) is 6.17. The van der Waals surface area contributed by atoms with E-state index in [4.69, 9.17) is 4.74 Å². The van der Waals surface area contributed by atoms with E-state index < -0.39 is 5.41 Å². The van der Waals surface area contributed by atoms with Crippen LogP contribution in [-0.4, -0.2) is 18.4 Å². The predicted molar refractivity (Wildman–Crippen MR) is 71.1 cm³/mol. The number of esters is 1. The summed E-state index contributed by atoms with van der Waals surface area (Å²) in [7, 11) is 0. The molecule has 18 heavy (non-hydrogen) atoms. The van der Waals surface area contributed by atoms with E-state index in [0.29, 0.717) is 13.0 Å². The molecule has 1 rings (SSSR count). The molecule has 0 fully saturated rings. The van der Waals surface area contributed by atoms with E-state index in [1.807, 2.05) is 6.08 Å². The molecule has 0 radical (unpaired) electrons. The molecule has 0 saturated carbocycles. The zero-order valence-corrected chi connectivity index (χ0v) is 11.9. The fourth-order valence-electron chi connectivity index (χ4n) is 2.93. The maximum atomic E-state index is 12.3. The number of Topliss-reactive ketones (excluding diaryl/α,β-unsaturated/α-hetero) is 1. The minimum absolute atomic E-state index is 0.0526. The lowest BCUT2D eigenvalue weighted by Gasteiger charge is -2.39. The lowest BCUT2D eigenvalue weighted by molar-refractivity contribution is -0.164. The van der Waals surface area contributed by atoms with Gasteiger partial charge >= 0.3 is 5.97 Å². The summed E-state index contributed by atoms with van der Waals surface area (Å²) >= 11 is 0. The van der Waals surface area contributed by atoms with Gasteiger partial charge in [-0.3, -0.25) is 9.59 Å². The van der Waals surface area contributed by atoms with Gasteiger partial charge in [-0.2, -0.15) is 0 Å². The Kier molecular flexibility index (Phi) is 5.12. The number of carbonyl (C=O) groups excluding carboxylic acids is 2. The predicted octanol–water partition coefficient (Wildman–Crippen LogP) is 3.28. The standard InChI is InChI=1S/C15H24O3/c1-5-7-13-10-11(3)8-9-15(13,12(4)16)14(17)18-6-2/h8,13H,5-7,9-10H2,1-4H3. The summed E-state index contributed by atoms with van der Waals surface area (Å²) in [5.41, 5.74) is 0.334. The molecule has 0 aromatic rings. The number of carbonyl (C=O) groups is 2. The Morgan fingerprint density at radius 1 is 1.44 bits per heavy atom. The summed E-state index contributed by atoms with van der Waals surface area (Å²) in [6.45, 7) is 7.79. The van der Waals surface area contributed by atoms with Crippen LogP contribution in [0.15, 0.2) is 11.6 Å². The van der Waals surface area contributed by atoms with Crippen molar-refractivity contribution in [3.8, 4) is 0 Å². The van der Waals surface area contributed by atoms with Gasteiger partial charge in [0.25, 0.3) is 0 Å². The first-order valence-electron chi connectivity index (χ1n) is 6.82. The molecule has 3 heteroatoms. The van der Waals surface area contributed by atoms with Crippen LogP contribution in [-0.2, 0) is 14.3 Å². The number of hydrogen-bond acceptors (Lipinski definition) is 3. The normalized spacial score (nSPS) is 27.6. The van der Waals surface area contributed by atoms with Crippen molar-refractivity contribution in [2.24, 2.45) is 11.3 Å². The molecule has 2 atom stereocenters. The van der Waals surface area contributed by atoms with E-state index >= 15 is 0 Å². The lowest BCUT2D eigenvalue weighted by Crippen LogP contribution is -2.47. The third kappa shape index (κ3) is 2.65. The smallest absolute Gasteiger partial charge is 0.320 e. The zero-order chi connectivity index (χ0) is 13.8. The van der Waals surface area contributed by atoms with Gasteiger partial charge in [-0.1, -0.05) is 25.0 Å². The highest BCUT2D eigenvalue weighted by molar-refractivity contribution is 6.03. The van der Waals surface area contributed by atoms with Gasteiger partial charge in [0.2, 0.25) is 0 Å². The Morgan fingerprint density at radius 2 is 2.11 bits per heavy atom. The molecule has 0 aliphatic heterocycles. The molecule has 0 amide bonds. The van der Waals surface area contributed by atoms with Crippen LogP contribution in [0.4, 0.5) is 0 Å². The van der Waals surface area contributed by atoms with Gasteiger partial charge in [-0.15, -0.1) is 0 Å². The highest BCUT2D eigenvalue weighted by Gasteiger charge is 2.51. The van der Waals surface area contributed by atoms with Crippen LogP contribution in [0.2, 0.25) is 0 Å². The number of ketones is 1. The summed E-state index contributed by atoms with van der Waals surface area (Å²) in [5.74, 6) is -0.299. The minimum Gasteiger partial charge on any atom is -0.465 e. The minimum atomic E-state index is -0.939. The lowest BCUT2D eigenvalue weighted by atomic mass is 9.63. The van der Waals surface area contributed by atoms with Crippen molar-refractivity contribution >= 4 is 11.8 Å². The van der Waals surface area contributed by atoms with Crippen LogP contribution in [0, 0.1) is 11.3 Å². The van der Waals surface area contributed by atoms with E-state index in [1.165, 1.54) is 12.5 Å². The fraction of sp³-hybridized carbons (Fsp3) is 0.733. The van der Waals surface area contributed by atoms with Crippen molar-refractivity contribution in [3.05, 3.63) is 11.6 Å². The largest absolute Gasteiger partial charge is 0.465 e. The van der Waals surface area contributed by atoms with Crippen LogP contribution in [0.5, 0.6) is 0 Å². The Morgan fingerprint density at radius 3 is 2.61 bits per heavy atom. The number of allylic oxidation sites excluding steroid dienone is 2. The second-order valence-electron chi connectivity index (χ2n) is 5.19. The highest BCUT2D eigenvalue weighted by atomic mass is 16.5. The molecule has 1 aliphatic rings. The van der Waals surface area contributed by atoms with E-state index in [1.54, 1.807) is 6.92 Å². The molecule has 0 heterocycles. The third-order valence-corrected chi connectivity index (χ3v) is 3.94. The van der Waals surface area contributed by atoms with Crippen LogP contribution < -0.4 is 0 Å². The van der Waals surface area contributed by atoms with Gasteiger partial charge in [0.05, 0.1) is 6.61 Å². The first-order chi connectivity index (χ1) is 8.48. The average molecular weight is 252 g/mol. The van der Waals surface area contributed by atoms with Crippen molar-refractivity contribution in [1.82, 2.24) is 0 Å². The maximum absolute atomic E-state index is 12.3. The molecule has 0 saturated heterocycles. The molecule has 0 aromatic heterocycles. The first-order valence-corrected chi connectivity index (χ1v) is 6.82. The van der Waals surface area contributed by atoms with Gasteiger partial charge in [0, 0.05) is 0 Å². The molecule has 3 nitrogen and oxygen atoms in total. The SMILES string of the molecule is CCCC1CC(C)=CCC1(C(C)=O)C(=O)OCC. The van der Waals surface area contributed by atoms with E-state index in [0.717, 1.165) is 19.3 Å². The van der Waals surface area contributed by atoms with Crippen molar-refractivity contribution < 1.29 is 14.3 Å². The van der Waals surface area contributed by atoms with E-state index in [9.17, 15) is 9.59 Å². The molecule has 0 N–H and O–H groups in total. The molecular weight excluding hydrogens is 228 g/mol. The van der Waals surface area contributed by atoms with Crippen molar-refractivity contribution in [1.29, 1.82) is 0 Å². The van der Waals surface area contributed by atoms with Crippen LogP contribution >= 0.6 is 0 Å². The third-order valence-electron chi connectivity index (χ3n) is 3.94. The molecule has 0 aromatic carbocycles. The monoisotopic (exact) mass is 252 g/mol. The number of ether oxygens (including phenoxy) is 1. The van der Waals surface area contributed by atoms with Crippen LogP contribution in [0.1, 0.15) is 53.4 Å². The summed E-state index contributed by atoms with van der Waals surface area (Å²) in [6.07, 6.45) is 5.21. The molecule has 0 bridgehead atoms. The van der Waals surface area contributed by atoms with Gasteiger partial charge < -0.3 is 4.74 Å². The zero-order valence-electron chi connectivity index (χ0n) is 11.9. The van der Waals surface area contributed by atoms with Crippen molar-refractivity contribution in [3.63, 3.8) is 0 Å². The number of hydrogen-bond donors (Lipinski definition) is 0. The molecule has 1 aliphatic carbocycles. The van der Waals surface area contributed by atoms with E-state index in [-0.39, 0.29) is 17.7 Å². The average Bonchev–Trinajstić information content (AvgIpc) is 2.29. The summed E-state index contributed by atoms with van der Waals surface area (Å²) in [6, 6.07) is 0. The Labute approximate surface area is 110 Å². The number of rotatable bonds is 5. The van der Waals surface area contributed by atoms with Crippen LogP contribution in [0.25, 0.3) is 0 Å². The van der Waals surface area contributed by atoms with E-state index in [2.05, 4.69) is 13.8 Å². The van der Waals surface area contributed by atoms with Gasteiger partial charge in [-0.25, -0.2) is 0 Å². The molecule has 0 spiro atoms.